The van der Waals surface area contributed by atoms with Crippen LogP contribution in [-0.4, -0.2) is 12.1 Å². The van der Waals surface area contributed by atoms with Gasteiger partial charge < -0.3 is 10.1 Å². The maximum absolute atomic E-state index is 13.3. The molecule has 1 aliphatic heterocycles. The Balaban J connectivity index is 2.34. The minimum absolute atomic E-state index is 0.192. The lowest BCUT2D eigenvalue weighted by molar-refractivity contribution is 0.0389. The van der Waals surface area contributed by atoms with Crippen LogP contribution < -0.4 is 10.1 Å². The molecule has 18 heavy (non-hydrogen) atoms. The van der Waals surface area contributed by atoms with Crippen LogP contribution in [0, 0.1) is 5.82 Å². The fourth-order valence-electron chi connectivity index (χ4n) is 2.84. The van der Waals surface area contributed by atoms with E-state index in [0.717, 1.165) is 31.4 Å². The Bertz CT molecular complexity index is 421. The van der Waals surface area contributed by atoms with Crippen LogP contribution in [0.2, 0.25) is 0 Å². The third-order valence-corrected chi connectivity index (χ3v) is 3.57. The zero-order valence-electron chi connectivity index (χ0n) is 11.4. The van der Waals surface area contributed by atoms with Gasteiger partial charge in [0.2, 0.25) is 0 Å². The molecule has 0 aromatic heterocycles. The molecule has 2 atom stereocenters. The molecule has 0 saturated heterocycles. The number of hydrogen-bond acceptors (Lipinski definition) is 2. The fourth-order valence-corrected chi connectivity index (χ4v) is 2.84. The van der Waals surface area contributed by atoms with Crippen molar-refractivity contribution in [1.29, 1.82) is 0 Å². The van der Waals surface area contributed by atoms with Crippen molar-refractivity contribution in [2.45, 2.75) is 51.7 Å². The quantitative estimate of drug-likeness (QED) is 0.878. The molecule has 0 radical (unpaired) electrons. The molecule has 3 heteroatoms. The SMILES string of the molecule is CCCC1(C)CC(NCC)c2ccc(F)cc2O1. The van der Waals surface area contributed by atoms with Gasteiger partial charge in [-0.2, -0.15) is 0 Å². The molecular formula is C15H22FNO. The molecule has 2 nitrogen and oxygen atoms in total. The van der Waals surface area contributed by atoms with E-state index in [1.165, 1.54) is 12.1 Å². The standard InChI is InChI=1S/C15H22FNO/c1-4-8-15(3)10-13(17-5-2)12-7-6-11(16)9-14(12)18-15/h6-7,9,13,17H,4-5,8,10H2,1-3H3. The minimum atomic E-state index is -0.232. The second kappa shape index (κ2) is 5.27. The van der Waals surface area contributed by atoms with Crippen LogP contribution in [0.5, 0.6) is 5.75 Å². The van der Waals surface area contributed by atoms with Crippen molar-refractivity contribution in [3.05, 3.63) is 29.6 Å². The highest BCUT2D eigenvalue weighted by atomic mass is 19.1. The molecule has 1 heterocycles. The van der Waals surface area contributed by atoms with Crippen LogP contribution in [0.3, 0.4) is 0 Å². The van der Waals surface area contributed by atoms with Gasteiger partial charge in [0.25, 0.3) is 0 Å². The normalized spacial score (nSPS) is 26.6. The molecule has 0 fully saturated rings. The molecule has 2 rings (SSSR count). The van der Waals surface area contributed by atoms with Gasteiger partial charge in [0.15, 0.2) is 0 Å². The highest BCUT2D eigenvalue weighted by Gasteiger charge is 2.36. The van der Waals surface area contributed by atoms with Crippen molar-refractivity contribution >= 4 is 0 Å². The van der Waals surface area contributed by atoms with Crippen LogP contribution in [0.1, 0.15) is 51.6 Å². The minimum Gasteiger partial charge on any atom is -0.487 e. The van der Waals surface area contributed by atoms with Crippen molar-refractivity contribution in [2.24, 2.45) is 0 Å². The molecule has 1 aromatic rings. The Morgan fingerprint density at radius 1 is 1.44 bits per heavy atom. The first-order chi connectivity index (χ1) is 8.58. The third-order valence-electron chi connectivity index (χ3n) is 3.57. The van der Waals surface area contributed by atoms with Crippen molar-refractivity contribution in [2.75, 3.05) is 6.54 Å². The first-order valence-electron chi connectivity index (χ1n) is 6.80. The zero-order valence-corrected chi connectivity index (χ0v) is 11.4. The molecule has 0 aliphatic carbocycles. The molecule has 0 bridgehead atoms. The Kier molecular flexibility index (Phi) is 3.91. The molecule has 0 amide bonds. The van der Waals surface area contributed by atoms with Gasteiger partial charge in [-0.1, -0.05) is 26.3 Å². The van der Waals surface area contributed by atoms with Gasteiger partial charge in [-0.25, -0.2) is 4.39 Å². The predicted octanol–water partition coefficient (Wildman–Crippen LogP) is 3.82. The van der Waals surface area contributed by atoms with Gasteiger partial charge in [0.1, 0.15) is 17.2 Å². The third kappa shape index (κ3) is 2.66. The summed E-state index contributed by atoms with van der Waals surface area (Å²) in [6.07, 6.45) is 3.00. The summed E-state index contributed by atoms with van der Waals surface area (Å²) in [6, 6.07) is 5.11. The predicted molar refractivity (Wildman–Crippen MR) is 71.4 cm³/mol. The van der Waals surface area contributed by atoms with Crippen LogP contribution in [0.4, 0.5) is 4.39 Å². The lowest BCUT2D eigenvalue weighted by Gasteiger charge is -2.40. The fraction of sp³-hybridized carbons (Fsp3) is 0.600. The molecule has 1 aliphatic rings. The van der Waals surface area contributed by atoms with Crippen LogP contribution >= 0.6 is 0 Å². The summed E-state index contributed by atoms with van der Waals surface area (Å²) in [5, 5.41) is 3.47. The zero-order chi connectivity index (χ0) is 13.2. The van der Waals surface area contributed by atoms with Crippen molar-refractivity contribution in [3.63, 3.8) is 0 Å². The van der Waals surface area contributed by atoms with E-state index < -0.39 is 0 Å². The maximum atomic E-state index is 13.3. The average Bonchev–Trinajstić information content (AvgIpc) is 2.28. The number of benzene rings is 1. The monoisotopic (exact) mass is 251 g/mol. The Morgan fingerprint density at radius 3 is 2.89 bits per heavy atom. The first kappa shape index (κ1) is 13.3. The van der Waals surface area contributed by atoms with Gasteiger partial charge in [-0.3, -0.25) is 0 Å². The van der Waals surface area contributed by atoms with E-state index in [1.54, 1.807) is 0 Å². The number of nitrogens with one attached hydrogen (secondary N) is 1. The summed E-state index contributed by atoms with van der Waals surface area (Å²) in [6.45, 7) is 7.27. The van der Waals surface area contributed by atoms with Gasteiger partial charge in [0.05, 0.1) is 0 Å². The summed E-state index contributed by atoms with van der Waals surface area (Å²) in [5.41, 5.74) is 0.884. The second-order valence-corrected chi connectivity index (χ2v) is 5.30. The summed E-state index contributed by atoms with van der Waals surface area (Å²) < 4.78 is 19.4. The Labute approximate surface area is 109 Å². The molecule has 2 unspecified atom stereocenters. The number of rotatable bonds is 4. The topological polar surface area (TPSA) is 21.3 Å². The molecule has 100 valence electrons. The molecule has 1 N–H and O–H groups in total. The average molecular weight is 251 g/mol. The largest absolute Gasteiger partial charge is 0.487 e. The number of halogens is 1. The maximum Gasteiger partial charge on any atom is 0.127 e. The molecular weight excluding hydrogens is 229 g/mol. The van der Waals surface area contributed by atoms with Gasteiger partial charge in [0, 0.05) is 24.1 Å². The van der Waals surface area contributed by atoms with Crippen LogP contribution in [-0.2, 0) is 0 Å². The molecule has 0 spiro atoms. The van der Waals surface area contributed by atoms with E-state index in [0.29, 0.717) is 5.75 Å². The number of ether oxygens (including phenoxy) is 1. The van der Waals surface area contributed by atoms with Gasteiger partial charge >= 0.3 is 0 Å². The summed E-state index contributed by atoms with van der Waals surface area (Å²) in [5.74, 6) is 0.466. The number of hydrogen-bond donors (Lipinski definition) is 1. The second-order valence-electron chi connectivity index (χ2n) is 5.30. The highest BCUT2D eigenvalue weighted by Crippen LogP contribution is 2.41. The lowest BCUT2D eigenvalue weighted by atomic mass is 9.85. The van der Waals surface area contributed by atoms with Crippen molar-refractivity contribution in [1.82, 2.24) is 5.32 Å². The van der Waals surface area contributed by atoms with E-state index in [-0.39, 0.29) is 17.5 Å². The molecule has 0 saturated carbocycles. The van der Waals surface area contributed by atoms with E-state index in [1.807, 2.05) is 6.07 Å². The van der Waals surface area contributed by atoms with E-state index >= 15 is 0 Å². The van der Waals surface area contributed by atoms with Crippen LogP contribution in [0.25, 0.3) is 0 Å². The smallest absolute Gasteiger partial charge is 0.127 e. The highest BCUT2D eigenvalue weighted by molar-refractivity contribution is 5.39. The van der Waals surface area contributed by atoms with E-state index in [9.17, 15) is 4.39 Å². The first-order valence-corrected chi connectivity index (χ1v) is 6.80. The van der Waals surface area contributed by atoms with Gasteiger partial charge in [-0.05, 0) is 26.0 Å². The van der Waals surface area contributed by atoms with E-state index in [2.05, 4.69) is 26.1 Å². The summed E-state index contributed by atoms with van der Waals surface area (Å²) >= 11 is 0. The van der Waals surface area contributed by atoms with Crippen molar-refractivity contribution in [3.8, 4) is 5.75 Å². The number of fused-ring (bicyclic) bond motifs is 1. The summed E-state index contributed by atoms with van der Waals surface area (Å²) in [7, 11) is 0. The van der Waals surface area contributed by atoms with Gasteiger partial charge in [-0.15, -0.1) is 0 Å². The van der Waals surface area contributed by atoms with Crippen molar-refractivity contribution < 1.29 is 9.13 Å². The Morgan fingerprint density at radius 2 is 2.22 bits per heavy atom. The summed E-state index contributed by atoms with van der Waals surface area (Å²) in [4.78, 5) is 0. The lowest BCUT2D eigenvalue weighted by Crippen LogP contribution is -2.41. The van der Waals surface area contributed by atoms with E-state index in [4.69, 9.17) is 4.74 Å². The Hall–Kier alpha value is -1.09. The van der Waals surface area contributed by atoms with Crippen LogP contribution in [0.15, 0.2) is 18.2 Å². The molecule has 1 aromatic carbocycles.